The van der Waals surface area contributed by atoms with Crippen molar-refractivity contribution in [3.05, 3.63) is 16.0 Å². The molecule has 114 valence electrons. The Kier molecular flexibility index (Phi) is 7.40. The molecule has 1 aromatic rings. The zero-order valence-corrected chi connectivity index (χ0v) is 14.5. The molecule has 1 heterocycles. The predicted octanol–water partition coefficient (Wildman–Crippen LogP) is 3.55. The third kappa shape index (κ3) is 4.40. The average molecular weight is 346 g/mol. The number of hydrogen-bond donors (Lipinski definition) is 1. The zero-order valence-electron chi connectivity index (χ0n) is 12.9. The van der Waals surface area contributed by atoms with Crippen LogP contribution < -0.4 is 5.32 Å². The standard InChI is InChI=1S/C14H24BrN3O2/c1-6-7-16-13-11(15)10(8-19-4)17-14(18-13)12(20-5)9(2)3/h9,12H,6-8H2,1-5H3,(H,16,17,18). The average Bonchev–Trinajstić information content (AvgIpc) is 2.41. The Morgan fingerprint density at radius 1 is 1.25 bits per heavy atom. The summed E-state index contributed by atoms with van der Waals surface area (Å²) in [7, 11) is 3.34. The van der Waals surface area contributed by atoms with Crippen LogP contribution in [-0.2, 0) is 16.1 Å². The van der Waals surface area contributed by atoms with Gasteiger partial charge in [0.15, 0.2) is 5.82 Å². The summed E-state index contributed by atoms with van der Waals surface area (Å²) in [6, 6.07) is 0. The molecule has 0 spiro atoms. The number of ether oxygens (including phenoxy) is 2. The molecule has 6 heteroatoms. The molecule has 0 aromatic carbocycles. The number of anilines is 1. The Morgan fingerprint density at radius 2 is 1.95 bits per heavy atom. The lowest BCUT2D eigenvalue weighted by Crippen LogP contribution is -2.16. The summed E-state index contributed by atoms with van der Waals surface area (Å²) in [5.41, 5.74) is 0.832. The number of nitrogens with one attached hydrogen (secondary N) is 1. The number of methoxy groups -OCH3 is 2. The molecule has 0 bridgehead atoms. The van der Waals surface area contributed by atoms with Gasteiger partial charge in [0, 0.05) is 20.8 Å². The van der Waals surface area contributed by atoms with Gasteiger partial charge in [0.2, 0.25) is 0 Å². The minimum Gasteiger partial charge on any atom is -0.378 e. The summed E-state index contributed by atoms with van der Waals surface area (Å²) >= 11 is 3.55. The highest BCUT2D eigenvalue weighted by atomic mass is 79.9. The Balaban J connectivity index is 3.19. The van der Waals surface area contributed by atoms with Crippen LogP contribution in [0.25, 0.3) is 0 Å². The van der Waals surface area contributed by atoms with Crippen molar-refractivity contribution < 1.29 is 9.47 Å². The van der Waals surface area contributed by atoms with Gasteiger partial charge < -0.3 is 14.8 Å². The molecule has 0 aliphatic heterocycles. The van der Waals surface area contributed by atoms with E-state index in [0.29, 0.717) is 18.3 Å². The van der Waals surface area contributed by atoms with Crippen LogP contribution >= 0.6 is 15.9 Å². The van der Waals surface area contributed by atoms with E-state index in [9.17, 15) is 0 Å². The molecule has 1 unspecified atom stereocenters. The molecule has 1 rings (SSSR count). The molecular formula is C14H24BrN3O2. The maximum absolute atomic E-state index is 5.52. The van der Waals surface area contributed by atoms with Crippen LogP contribution in [0.15, 0.2) is 4.47 Å². The lowest BCUT2D eigenvalue weighted by molar-refractivity contribution is 0.0569. The fraction of sp³-hybridized carbons (Fsp3) is 0.714. The highest BCUT2D eigenvalue weighted by molar-refractivity contribution is 9.10. The van der Waals surface area contributed by atoms with Gasteiger partial charge in [0.25, 0.3) is 0 Å². The van der Waals surface area contributed by atoms with Gasteiger partial charge in [-0.25, -0.2) is 9.97 Å². The van der Waals surface area contributed by atoms with Crippen LogP contribution in [0, 0.1) is 5.92 Å². The van der Waals surface area contributed by atoms with Crippen molar-refractivity contribution in [2.75, 3.05) is 26.1 Å². The minimum atomic E-state index is -0.124. The van der Waals surface area contributed by atoms with Crippen molar-refractivity contribution in [1.29, 1.82) is 0 Å². The topological polar surface area (TPSA) is 56.3 Å². The molecule has 0 amide bonds. The lowest BCUT2D eigenvalue weighted by Gasteiger charge is -2.20. The quantitative estimate of drug-likeness (QED) is 0.780. The molecule has 1 atom stereocenters. The summed E-state index contributed by atoms with van der Waals surface area (Å²) in [5, 5.41) is 3.31. The molecular weight excluding hydrogens is 322 g/mol. The second kappa shape index (κ2) is 8.54. The monoisotopic (exact) mass is 345 g/mol. The molecule has 0 radical (unpaired) electrons. The number of rotatable bonds is 8. The van der Waals surface area contributed by atoms with Crippen LogP contribution in [0.2, 0.25) is 0 Å². The highest BCUT2D eigenvalue weighted by Crippen LogP contribution is 2.29. The molecule has 1 N–H and O–H groups in total. The number of nitrogens with zero attached hydrogens (tertiary/aromatic N) is 2. The van der Waals surface area contributed by atoms with Gasteiger partial charge in [-0.15, -0.1) is 0 Å². The molecule has 0 saturated carbocycles. The second-order valence-corrected chi connectivity index (χ2v) is 5.74. The van der Waals surface area contributed by atoms with Gasteiger partial charge in [-0.2, -0.15) is 0 Å². The Hall–Kier alpha value is -0.720. The molecule has 0 fully saturated rings. The molecule has 1 aromatic heterocycles. The highest BCUT2D eigenvalue weighted by Gasteiger charge is 2.21. The predicted molar refractivity (Wildman–Crippen MR) is 83.8 cm³/mol. The summed E-state index contributed by atoms with van der Waals surface area (Å²) in [6.45, 7) is 7.60. The van der Waals surface area contributed by atoms with Crippen molar-refractivity contribution >= 4 is 21.7 Å². The van der Waals surface area contributed by atoms with E-state index in [1.165, 1.54) is 0 Å². The van der Waals surface area contributed by atoms with E-state index in [2.05, 4.69) is 52.0 Å². The van der Waals surface area contributed by atoms with Crippen LogP contribution in [0.1, 0.15) is 44.8 Å². The van der Waals surface area contributed by atoms with E-state index in [1.54, 1.807) is 14.2 Å². The lowest BCUT2D eigenvalue weighted by atomic mass is 10.1. The van der Waals surface area contributed by atoms with Gasteiger partial charge in [-0.05, 0) is 28.3 Å². The Bertz CT molecular complexity index is 427. The number of hydrogen-bond acceptors (Lipinski definition) is 5. The first-order valence-corrected chi connectivity index (χ1v) is 7.66. The minimum absolute atomic E-state index is 0.124. The van der Waals surface area contributed by atoms with Crippen LogP contribution in [-0.4, -0.2) is 30.7 Å². The van der Waals surface area contributed by atoms with Crippen molar-refractivity contribution in [3.63, 3.8) is 0 Å². The van der Waals surface area contributed by atoms with Crippen molar-refractivity contribution in [1.82, 2.24) is 9.97 Å². The van der Waals surface area contributed by atoms with Gasteiger partial charge in [-0.3, -0.25) is 0 Å². The second-order valence-electron chi connectivity index (χ2n) is 4.95. The maximum Gasteiger partial charge on any atom is 0.160 e. The van der Waals surface area contributed by atoms with Crippen molar-refractivity contribution in [2.45, 2.75) is 39.9 Å². The fourth-order valence-electron chi connectivity index (χ4n) is 1.91. The molecule has 5 nitrogen and oxygen atoms in total. The first kappa shape index (κ1) is 17.3. The first-order valence-electron chi connectivity index (χ1n) is 6.87. The van der Waals surface area contributed by atoms with E-state index in [1.807, 2.05) is 0 Å². The maximum atomic E-state index is 5.52. The van der Waals surface area contributed by atoms with E-state index in [-0.39, 0.29) is 6.10 Å². The molecule has 0 saturated heterocycles. The largest absolute Gasteiger partial charge is 0.378 e. The van der Waals surface area contributed by atoms with Gasteiger partial charge >= 0.3 is 0 Å². The molecule has 20 heavy (non-hydrogen) atoms. The van der Waals surface area contributed by atoms with Gasteiger partial charge in [0.05, 0.1) is 16.8 Å². The summed E-state index contributed by atoms with van der Waals surface area (Å²) in [6.07, 6.45) is 0.907. The van der Waals surface area contributed by atoms with Crippen LogP contribution in [0.4, 0.5) is 5.82 Å². The van der Waals surface area contributed by atoms with Crippen LogP contribution in [0.3, 0.4) is 0 Å². The third-order valence-electron chi connectivity index (χ3n) is 2.87. The number of halogens is 1. The van der Waals surface area contributed by atoms with E-state index in [4.69, 9.17) is 9.47 Å². The van der Waals surface area contributed by atoms with Gasteiger partial charge in [-0.1, -0.05) is 20.8 Å². The van der Waals surface area contributed by atoms with Crippen molar-refractivity contribution in [2.24, 2.45) is 5.92 Å². The van der Waals surface area contributed by atoms with Crippen LogP contribution in [0.5, 0.6) is 0 Å². The van der Waals surface area contributed by atoms with Crippen molar-refractivity contribution in [3.8, 4) is 0 Å². The first-order chi connectivity index (χ1) is 9.54. The molecule has 0 aliphatic carbocycles. The Labute approximate surface area is 129 Å². The van der Waals surface area contributed by atoms with Gasteiger partial charge in [0.1, 0.15) is 11.9 Å². The summed E-state index contributed by atoms with van der Waals surface area (Å²) in [5.74, 6) is 1.79. The summed E-state index contributed by atoms with van der Waals surface area (Å²) in [4.78, 5) is 9.17. The third-order valence-corrected chi connectivity index (χ3v) is 3.71. The summed E-state index contributed by atoms with van der Waals surface area (Å²) < 4.78 is 11.6. The molecule has 0 aliphatic rings. The van der Waals surface area contributed by atoms with E-state index < -0.39 is 0 Å². The smallest absolute Gasteiger partial charge is 0.160 e. The zero-order chi connectivity index (χ0) is 15.1. The van der Waals surface area contributed by atoms with E-state index in [0.717, 1.165) is 29.0 Å². The fourth-order valence-corrected chi connectivity index (χ4v) is 2.34. The SMILES string of the molecule is CCCNc1nc(C(OC)C(C)C)nc(COC)c1Br. The number of aromatic nitrogens is 2. The normalized spacial score (nSPS) is 12.8. The Morgan fingerprint density at radius 3 is 2.45 bits per heavy atom. The van der Waals surface area contributed by atoms with E-state index >= 15 is 0 Å².